The molecule has 0 aliphatic carbocycles. The maximum Gasteiger partial charge on any atom is 0.314 e. The molecule has 0 fully saturated rings. The number of hydrogen-bond acceptors (Lipinski definition) is 6. The summed E-state index contributed by atoms with van der Waals surface area (Å²) in [7, 11) is 0. The van der Waals surface area contributed by atoms with Crippen LogP contribution in [-0.4, -0.2) is 21.6 Å². The van der Waals surface area contributed by atoms with Crippen LogP contribution in [0.3, 0.4) is 0 Å². The van der Waals surface area contributed by atoms with Gasteiger partial charge in [-0.1, -0.05) is 0 Å². The quantitative estimate of drug-likeness (QED) is 0.648. The third kappa shape index (κ3) is 3.07. The number of thiophene rings is 1. The Kier molecular flexibility index (Phi) is 4.08. The molecule has 0 aliphatic heterocycles. The first-order valence-corrected chi connectivity index (χ1v) is 6.58. The number of aliphatic hydroxyl groups excluding tert-OH is 1. The first kappa shape index (κ1) is 13.4. The van der Waals surface area contributed by atoms with E-state index in [1.54, 1.807) is 13.0 Å². The minimum Gasteiger partial charge on any atom is -0.387 e. The zero-order chi connectivity index (χ0) is 13.8. The lowest BCUT2D eigenvalue weighted by atomic mass is 10.2. The van der Waals surface area contributed by atoms with Crippen LogP contribution in [0.15, 0.2) is 29.1 Å². The van der Waals surface area contributed by atoms with Gasteiger partial charge in [-0.15, -0.1) is 0 Å². The average Bonchev–Trinajstić information content (AvgIpc) is 2.89. The van der Waals surface area contributed by atoms with Crippen LogP contribution in [0.5, 0.6) is 0 Å². The van der Waals surface area contributed by atoms with Gasteiger partial charge >= 0.3 is 5.69 Å². The number of nitrogens with one attached hydrogen (secondary N) is 1. The monoisotopic (exact) mass is 279 g/mol. The van der Waals surface area contributed by atoms with Crippen molar-refractivity contribution < 1.29 is 10.0 Å². The Labute approximate surface area is 113 Å². The highest BCUT2D eigenvalue weighted by Crippen LogP contribution is 2.26. The predicted octanol–water partition coefficient (Wildman–Crippen LogP) is 2.51. The number of aliphatic hydroxyl groups is 1. The number of rotatable bonds is 5. The van der Waals surface area contributed by atoms with Crippen molar-refractivity contribution in [2.75, 3.05) is 11.9 Å². The molecule has 6 nitrogen and oxygen atoms in total. The molecule has 2 N–H and O–H groups in total. The molecule has 0 saturated carbocycles. The molecule has 0 saturated heterocycles. The highest BCUT2D eigenvalue weighted by Gasteiger charge is 2.19. The van der Waals surface area contributed by atoms with Crippen LogP contribution in [0.1, 0.15) is 17.2 Å². The second-order valence-electron chi connectivity index (χ2n) is 4.04. The third-order valence-corrected chi connectivity index (χ3v) is 3.40. The predicted molar refractivity (Wildman–Crippen MR) is 73.4 cm³/mol. The summed E-state index contributed by atoms with van der Waals surface area (Å²) in [4.78, 5) is 14.5. The summed E-state index contributed by atoms with van der Waals surface area (Å²) in [5, 5.41) is 27.4. The van der Waals surface area contributed by atoms with E-state index in [2.05, 4.69) is 10.3 Å². The smallest absolute Gasteiger partial charge is 0.314 e. The molecule has 0 unspecified atom stereocenters. The summed E-state index contributed by atoms with van der Waals surface area (Å²) in [5.74, 6) is 0.180. The molecule has 1 atom stereocenters. The van der Waals surface area contributed by atoms with Gasteiger partial charge in [-0.25, -0.2) is 4.98 Å². The summed E-state index contributed by atoms with van der Waals surface area (Å²) < 4.78 is 0. The Morgan fingerprint density at radius 2 is 2.37 bits per heavy atom. The number of aromatic nitrogens is 1. The molecule has 7 heteroatoms. The van der Waals surface area contributed by atoms with Crippen molar-refractivity contribution in [1.82, 2.24) is 4.98 Å². The van der Waals surface area contributed by atoms with Crippen molar-refractivity contribution in [1.29, 1.82) is 0 Å². The standard InChI is InChI=1S/C12H13N3O3S/c1-8-2-4-13-12(11(8)15(17)18)14-6-10(16)9-3-5-19-7-9/h2-5,7,10,16H,6H2,1H3,(H,13,14)/t10-/m0/s1. The number of aryl methyl sites for hydroxylation is 1. The van der Waals surface area contributed by atoms with Gasteiger partial charge in [-0.05, 0) is 35.4 Å². The van der Waals surface area contributed by atoms with E-state index in [0.29, 0.717) is 5.56 Å². The van der Waals surface area contributed by atoms with Crippen molar-refractivity contribution in [2.24, 2.45) is 0 Å². The zero-order valence-electron chi connectivity index (χ0n) is 10.2. The first-order valence-electron chi connectivity index (χ1n) is 5.63. The number of nitrogens with zero attached hydrogens (tertiary/aromatic N) is 2. The Morgan fingerprint density at radius 3 is 3.00 bits per heavy atom. The van der Waals surface area contributed by atoms with Gasteiger partial charge in [-0.2, -0.15) is 11.3 Å². The van der Waals surface area contributed by atoms with Gasteiger partial charge in [0, 0.05) is 18.3 Å². The van der Waals surface area contributed by atoms with E-state index in [0.717, 1.165) is 5.56 Å². The van der Waals surface area contributed by atoms with Gasteiger partial charge in [0.2, 0.25) is 5.82 Å². The van der Waals surface area contributed by atoms with Crippen molar-refractivity contribution in [2.45, 2.75) is 13.0 Å². The van der Waals surface area contributed by atoms with E-state index < -0.39 is 11.0 Å². The highest BCUT2D eigenvalue weighted by molar-refractivity contribution is 7.07. The topological polar surface area (TPSA) is 88.3 Å². The molecular weight excluding hydrogens is 266 g/mol. The fourth-order valence-corrected chi connectivity index (χ4v) is 2.39. The molecule has 19 heavy (non-hydrogen) atoms. The molecule has 0 spiro atoms. The highest BCUT2D eigenvalue weighted by atomic mass is 32.1. The van der Waals surface area contributed by atoms with Crippen LogP contribution in [0.2, 0.25) is 0 Å². The molecule has 2 rings (SSSR count). The number of anilines is 1. The Hall–Kier alpha value is -1.99. The Bertz CT molecular complexity index is 572. The van der Waals surface area contributed by atoms with E-state index in [1.807, 2.05) is 16.8 Å². The summed E-state index contributed by atoms with van der Waals surface area (Å²) in [5.41, 5.74) is 1.26. The van der Waals surface area contributed by atoms with Crippen molar-refractivity contribution in [3.05, 3.63) is 50.3 Å². The van der Waals surface area contributed by atoms with Gasteiger partial charge in [0.1, 0.15) is 0 Å². The largest absolute Gasteiger partial charge is 0.387 e. The lowest BCUT2D eigenvalue weighted by Crippen LogP contribution is -2.13. The van der Waals surface area contributed by atoms with Crippen LogP contribution < -0.4 is 5.32 Å². The molecule has 0 amide bonds. The molecule has 100 valence electrons. The Balaban J connectivity index is 2.12. The SMILES string of the molecule is Cc1ccnc(NC[C@H](O)c2ccsc2)c1[N+](=O)[O-]. The lowest BCUT2D eigenvalue weighted by Gasteiger charge is -2.11. The second-order valence-corrected chi connectivity index (χ2v) is 4.82. The summed E-state index contributed by atoms with van der Waals surface area (Å²) >= 11 is 1.49. The molecule has 0 radical (unpaired) electrons. The third-order valence-electron chi connectivity index (χ3n) is 2.70. The minimum absolute atomic E-state index is 0.0555. The van der Waals surface area contributed by atoms with Gasteiger partial charge in [0.15, 0.2) is 0 Å². The van der Waals surface area contributed by atoms with Gasteiger partial charge in [0.25, 0.3) is 0 Å². The molecule has 2 heterocycles. The summed E-state index contributed by atoms with van der Waals surface area (Å²) in [6, 6.07) is 3.40. The van der Waals surface area contributed by atoms with Gasteiger partial charge in [0.05, 0.1) is 11.0 Å². The van der Waals surface area contributed by atoms with Crippen LogP contribution in [0.25, 0.3) is 0 Å². The normalized spacial score (nSPS) is 12.1. The fourth-order valence-electron chi connectivity index (χ4n) is 1.69. The number of hydrogen-bond donors (Lipinski definition) is 2. The van der Waals surface area contributed by atoms with Crippen LogP contribution in [0, 0.1) is 17.0 Å². The van der Waals surface area contributed by atoms with E-state index in [1.165, 1.54) is 17.5 Å². The van der Waals surface area contributed by atoms with Crippen molar-refractivity contribution in [3.63, 3.8) is 0 Å². The fraction of sp³-hybridized carbons (Fsp3) is 0.250. The van der Waals surface area contributed by atoms with E-state index in [9.17, 15) is 15.2 Å². The second kappa shape index (κ2) is 5.77. The van der Waals surface area contributed by atoms with E-state index in [4.69, 9.17) is 0 Å². The molecule has 0 aromatic carbocycles. The first-order chi connectivity index (χ1) is 9.09. The Morgan fingerprint density at radius 1 is 1.58 bits per heavy atom. The van der Waals surface area contributed by atoms with Gasteiger partial charge in [-0.3, -0.25) is 10.1 Å². The maximum absolute atomic E-state index is 11.0. The molecule has 0 aliphatic rings. The molecule has 0 bridgehead atoms. The molecule has 2 aromatic rings. The maximum atomic E-state index is 11.0. The van der Waals surface area contributed by atoms with E-state index in [-0.39, 0.29) is 18.1 Å². The molecule has 2 aromatic heterocycles. The summed E-state index contributed by atoms with van der Waals surface area (Å²) in [6.45, 7) is 1.83. The van der Waals surface area contributed by atoms with Gasteiger partial charge < -0.3 is 10.4 Å². The van der Waals surface area contributed by atoms with E-state index >= 15 is 0 Å². The number of nitro groups is 1. The zero-order valence-corrected chi connectivity index (χ0v) is 11.1. The van der Waals surface area contributed by atoms with Crippen molar-refractivity contribution >= 4 is 22.8 Å². The molecular formula is C12H13N3O3S. The lowest BCUT2D eigenvalue weighted by molar-refractivity contribution is -0.384. The average molecular weight is 279 g/mol. The van der Waals surface area contributed by atoms with Crippen LogP contribution in [0.4, 0.5) is 11.5 Å². The van der Waals surface area contributed by atoms with Crippen LogP contribution in [-0.2, 0) is 0 Å². The summed E-state index contributed by atoms with van der Waals surface area (Å²) in [6.07, 6.45) is 0.787. The number of pyridine rings is 1. The van der Waals surface area contributed by atoms with Crippen molar-refractivity contribution in [3.8, 4) is 0 Å². The minimum atomic E-state index is -0.715. The van der Waals surface area contributed by atoms with Crippen LogP contribution >= 0.6 is 11.3 Å².